The van der Waals surface area contributed by atoms with Gasteiger partial charge in [0.15, 0.2) is 5.76 Å². The highest BCUT2D eigenvalue weighted by atomic mass is 32.2. The van der Waals surface area contributed by atoms with Crippen molar-refractivity contribution >= 4 is 41.0 Å². The maximum absolute atomic E-state index is 11.1. The summed E-state index contributed by atoms with van der Waals surface area (Å²) in [5.41, 5.74) is 0. The Morgan fingerprint density at radius 1 is 1.30 bits per heavy atom. The smallest absolute Gasteiger partial charge is 0.449 e. The number of carbonyl (C=O) groups is 1. The highest BCUT2D eigenvalue weighted by molar-refractivity contribution is 8.05. The highest BCUT2D eigenvalue weighted by Crippen LogP contribution is 2.35. The van der Waals surface area contributed by atoms with Crippen molar-refractivity contribution in [1.82, 2.24) is 4.90 Å². The van der Waals surface area contributed by atoms with E-state index in [1.165, 1.54) is 9.77 Å². The van der Waals surface area contributed by atoms with Crippen molar-refractivity contribution in [2.24, 2.45) is 0 Å². The molecule has 0 spiro atoms. The normalized spacial score (nSPS) is 15.1. The molecule has 1 aromatic heterocycles. The first-order valence-electron chi connectivity index (χ1n) is 8.55. The summed E-state index contributed by atoms with van der Waals surface area (Å²) in [6, 6.07) is 14.4. The number of hydrogen-bond donors (Lipinski definition) is 1. The van der Waals surface area contributed by atoms with Crippen molar-refractivity contribution in [2.45, 2.75) is 23.6 Å². The Balaban J connectivity index is 1.71. The van der Waals surface area contributed by atoms with E-state index < -0.39 is 6.16 Å². The van der Waals surface area contributed by atoms with Crippen LogP contribution < -0.4 is 0 Å². The van der Waals surface area contributed by atoms with E-state index in [1.807, 2.05) is 30.3 Å². The SMILES string of the molecule is CC(CSc1ccccc1)SC1=C(OC(=O)O)C=CCN1Cc1cccs1. The lowest BCUT2D eigenvalue weighted by atomic mass is 10.3. The van der Waals surface area contributed by atoms with Gasteiger partial charge in [-0.3, -0.25) is 0 Å². The summed E-state index contributed by atoms with van der Waals surface area (Å²) >= 11 is 5.17. The molecule has 0 aliphatic carbocycles. The Labute approximate surface area is 171 Å². The molecule has 1 unspecified atom stereocenters. The van der Waals surface area contributed by atoms with Crippen LogP contribution >= 0.6 is 34.9 Å². The van der Waals surface area contributed by atoms with Gasteiger partial charge in [0.1, 0.15) is 5.03 Å². The van der Waals surface area contributed by atoms with Crippen molar-refractivity contribution in [3.8, 4) is 0 Å². The number of ether oxygens (including phenoxy) is 1. The van der Waals surface area contributed by atoms with Gasteiger partial charge in [-0.1, -0.05) is 37.3 Å². The number of thiophene rings is 1. The predicted molar refractivity (Wildman–Crippen MR) is 114 cm³/mol. The van der Waals surface area contributed by atoms with Crippen molar-refractivity contribution in [3.63, 3.8) is 0 Å². The van der Waals surface area contributed by atoms with Crippen LogP contribution in [0.3, 0.4) is 0 Å². The van der Waals surface area contributed by atoms with Crippen LogP contribution in [0, 0.1) is 0 Å². The zero-order valence-electron chi connectivity index (χ0n) is 14.9. The lowest BCUT2D eigenvalue weighted by Crippen LogP contribution is -2.26. The van der Waals surface area contributed by atoms with Gasteiger partial charge in [0.25, 0.3) is 0 Å². The molecule has 27 heavy (non-hydrogen) atoms. The van der Waals surface area contributed by atoms with E-state index >= 15 is 0 Å². The topological polar surface area (TPSA) is 49.8 Å². The van der Waals surface area contributed by atoms with Crippen LogP contribution in [-0.4, -0.2) is 33.7 Å². The average Bonchev–Trinajstić information content (AvgIpc) is 3.16. The summed E-state index contributed by atoms with van der Waals surface area (Å²) in [7, 11) is 0. The number of hydrogen-bond acceptors (Lipinski definition) is 6. The number of carboxylic acid groups (broad SMARTS) is 1. The zero-order valence-corrected chi connectivity index (χ0v) is 17.4. The first-order valence-corrected chi connectivity index (χ1v) is 11.3. The molecule has 3 rings (SSSR count). The molecule has 0 saturated carbocycles. The summed E-state index contributed by atoms with van der Waals surface area (Å²) in [5.74, 6) is 1.33. The standard InChI is InChI=1S/C20H21NO3S3/c1-15(14-26-16-7-3-2-4-8-16)27-19-18(24-20(22)23)10-5-11-21(19)13-17-9-6-12-25-17/h2-10,12,15H,11,13-14H2,1H3,(H,22,23). The molecule has 1 N–H and O–H groups in total. The van der Waals surface area contributed by atoms with Crippen LogP contribution in [0.5, 0.6) is 0 Å². The van der Waals surface area contributed by atoms with E-state index in [4.69, 9.17) is 9.84 Å². The Morgan fingerprint density at radius 3 is 2.81 bits per heavy atom. The van der Waals surface area contributed by atoms with Gasteiger partial charge in [0.05, 0.1) is 6.54 Å². The maximum Gasteiger partial charge on any atom is 0.511 e. The number of rotatable bonds is 8. The van der Waals surface area contributed by atoms with Gasteiger partial charge in [-0.05, 0) is 29.7 Å². The molecule has 7 heteroatoms. The van der Waals surface area contributed by atoms with Crippen LogP contribution in [0.2, 0.25) is 0 Å². The lowest BCUT2D eigenvalue weighted by Gasteiger charge is -2.30. The fourth-order valence-corrected chi connectivity index (χ4v) is 5.45. The summed E-state index contributed by atoms with van der Waals surface area (Å²) in [4.78, 5) is 15.8. The van der Waals surface area contributed by atoms with Gasteiger partial charge in [-0.25, -0.2) is 4.79 Å². The first kappa shape index (κ1) is 19.9. The van der Waals surface area contributed by atoms with Crippen LogP contribution in [0.15, 0.2) is 75.7 Å². The fourth-order valence-electron chi connectivity index (χ4n) is 2.58. The second-order valence-corrected chi connectivity index (χ2v) is 9.50. The second-order valence-electron chi connectivity index (χ2n) is 5.95. The van der Waals surface area contributed by atoms with Gasteiger partial charge < -0.3 is 14.7 Å². The quantitative estimate of drug-likeness (QED) is 0.425. The van der Waals surface area contributed by atoms with Crippen molar-refractivity contribution in [1.29, 1.82) is 0 Å². The van der Waals surface area contributed by atoms with E-state index in [0.29, 0.717) is 11.0 Å². The minimum atomic E-state index is -1.28. The second kappa shape index (κ2) is 9.92. The Kier molecular flexibility index (Phi) is 7.32. The molecule has 0 radical (unpaired) electrons. The van der Waals surface area contributed by atoms with Crippen LogP contribution in [-0.2, 0) is 11.3 Å². The molecule has 4 nitrogen and oxygen atoms in total. The van der Waals surface area contributed by atoms with Crippen LogP contribution in [0.1, 0.15) is 11.8 Å². The third-order valence-corrected chi connectivity index (χ3v) is 7.35. The van der Waals surface area contributed by atoms with Crippen molar-refractivity contribution in [3.05, 3.63) is 75.7 Å². The lowest BCUT2D eigenvalue weighted by molar-refractivity contribution is 0.119. The maximum atomic E-state index is 11.1. The minimum absolute atomic E-state index is 0.301. The van der Waals surface area contributed by atoms with Crippen molar-refractivity contribution in [2.75, 3.05) is 12.3 Å². The fraction of sp³-hybridized carbons (Fsp3) is 0.250. The molecule has 2 aromatic rings. The highest BCUT2D eigenvalue weighted by Gasteiger charge is 2.23. The first-order chi connectivity index (χ1) is 13.1. The minimum Gasteiger partial charge on any atom is -0.449 e. The molecule has 1 aromatic carbocycles. The molecule has 142 valence electrons. The molecular weight excluding hydrogens is 398 g/mol. The number of thioether (sulfide) groups is 2. The van der Waals surface area contributed by atoms with Gasteiger partial charge in [0.2, 0.25) is 0 Å². The molecular formula is C20H21NO3S3. The Morgan fingerprint density at radius 2 is 2.11 bits per heavy atom. The molecule has 0 bridgehead atoms. The van der Waals surface area contributed by atoms with E-state index in [2.05, 4.69) is 35.4 Å². The molecule has 2 heterocycles. The summed E-state index contributed by atoms with van der Waals surface area (Å²) in [5, 5.41) is 12.3. The molecule has 1 aliphatic heterocycles. The molecule has 0 amide bonds. The predicted octanol–water partition coefficient (Wildman–Crippen LogP) is 5.90. The van der Waals surface area contributed by atoms with Gasteiger partial charge >= 0.3 is 6.16 Å². The average molecular weight is 420 g/mol. The Bertz CT molecular complexity index is 803. The molecule has 0 fully saturated rings. The summed E-state index contributed by atoms with van der Waals surface area (Å²) in [6.07, 6.45) is 2.43. The zero-order chi connectivity index (χ0) is 19.1. The monoisotopic (exact) mass is 419 g/mol. The number of allylic oxidation sites excluding steroid dienone is 1. The molecule has 1 aliphatic rings. The third-order valence-electron chi connectivity index (χ3n) is 3.76. The largest absolute Gasteiger partial charge is 0.511 e. The Hall–Kier alpha value is -1.83. The van der Waals surface area contributed by atoms with Crippen LogP contribution in [0.4, 0.5) is 4.79 Å². The van der Waals surface area contributed by atoms with Gasteiger partial charge in [-0.15, -0.1) is 34.9 Å². The van der Waals surface area contributed by atoms with Crippen LogP contribution in [0.25, 0.3) is 0 Å². The van der Waals surface area contributed by atoms with E-state index in [-0.39, 0.29) is 0 Å². The van der Waals surface area contributed by atoms with Gasteiger partial charge in [0, 0.05) is 27.3 Å². The van der Waals surface area contributed by atoms with Crippen molar-refractivity contribution < 1.29 is 14.6 Å². The van der Waals surface area contributed by atoms with Gasteiger partial charge in [-0.2, -0.15) is 0 Å². The van der Waals surface area contributed by atoms with E-state index in [9.17, 15) is 4.79 Å². The van der Waals surface area contributed by atoms with E-state index in [1.54, 1.807) is 40.9 Å². The number of nitrogens with zero attached hydrogens (tertiary/aromatic N) is 1. The molecule has 1 atom stereocenters. The third kappa shape index (κ3) is 6.09. The summed E-state index contributed by atoms with van der Waals surface area (Å²) < 4.78 is 5.06. The summed E-state index contributed by atoms with van der Waals surface area (Å²) in [6.45, 7) is 3.65. The number of benzene rings is 1. The molecule has 0 saturated heterocycles. The van der Waals surface area contributed by atoms with E-state index in [0.717, 1.165) is 23.9 Å².